The van der Waals surface area contributed by atoms with E-state index in [1.165, 1.54) is 16.8 Å². The summed E-state index contributed by atoms with van der Waals surface area (Å²) in [5.74, 6) is 0.881. The van der Waals surface area contributed by atoms with Crippen molar-refractivity contribution in [3.63, 3.8) is 0 Å². The fraction of sp³-hybridized carbons (Fsp3) is 0.308. The number of ether oxygens (including phenoxy) is 1. The summed E-state index contributed by atoms with van der Waals surface area (Å²) in [5.41, 5.74) is 5.69. The number of methoxy groups -OCH3 is 1. The molecule has 1 aliphatic rings. The SMILES string of the molecule is COc1cc(C)ccc1-c1n[nH]c2c1CNC2. The van der Waals surface area contributed by atoms with Crippen molar-refractivity contribution in [3.05, 3.63) is 35.0 Å². The maximum atomic E-state index is 5.44. The second kappa shape index (κ2) is 3.89. The molecule has 3 rings (SSSR count). The summed E-state index contributed by atoms with van der Waals surface area (Å²) in [6.45, 7) is 3.80. The molecule has 0 fully saturated rings. The molecule has 88 valence electrons. The average molecular weight is 229 g/mol. The molecular formula is C13H15N3O. The van der Waals surface area contributed by atoms with E-state index in [0.717, 1.165) is 30.1 Å². The Kier molecular flexibility index (Phi) is 2.37. The topological polar surface area (TPSA) is 49.9 Å². The predicted molar refractivity (Wildman–Crippen MR) is 65.9 cm³/mol. The molecule has 1 aliphatic heterocycles. The maximum Gasteiger partial charge on any atom is 0.128 e. The molecule has 17 heavy (non-hydrogen) atoms. The number of aromatic nitrogens is 2. The van der Waals surface area contributed by atoms with Gasteiger partial charge in [-0.25, -0.2) is 0 Å². The van der Waals surface area contributed by atoms with Gasteiger partial charge in [0, 0.05) is 24.2 Å². The normalized spacial score (nSPS) is 13.8. The van der Waals surface area contributed by atoms with Crippen LogP contribution in [0.5, 0.6) is 5.75 Å². The van der Waals surface area contributed by atoms with Crippen LogP contribution in [0.15, 0.2) is 18.2 Å². The molecule has 0 bridgehead atoms. The number of benzene rings is 1. The Morgan fingerprint density at radius 3 is 3.00 bits per heavy atom. The number of rotatable bonds is 2. The van der Waals surface area contributed by atoms with Crippen molar-refractivity contribution in [3.8, 4) is 17.0 Å². The van der Waals surface area contributed by atoms with Crippen LogP contribution < -0.4 is 10.1 Å². The van der Waals surface area contributed by atoms with Gasteiger partial charge in [-0.3, -0.25) is 5.10 Å². The highest BCUT2D eigenvalue weighted by molar-refractivity contribution is 5.71. The van der Waals surface area contributed by atoms with Crippen molar-refractivity contribution in [2.24, 2.45) is 0 Å². The van der Waals surface area contributed by atoms with Gasteiger partial charge >= 0.3 is 0 Å². The Bertz CT molecular complexity index is 560. The van der Waals surface area contributed by atoms with E-state index in [4.69, 9.17) is 4.74 Å². The summed E-state index contributed by atoms with van der Waals surface area (Å²) in [7, 11) is 1.70. The first-order valence-corrected chi connectivity index (χ1v) is 5.71. The first-order chi connectivity index (χ1) is 8.29. The maximum absolute atomic E-state index is 5.44. The minimum Gasteiger partial charge on any atom is -0.496 e. The summed E-state index contributed by atoms with van der Waals surface area (Å²) >= 11 is 0. The summed E-state index contributed by atoms with van der Waals surface area (Å²) in [5, 5.41) is 10.8. The molecule has 1 aromatic heterocycles. The van der Waals surface area contributed by atoms with Gasteiger partial charge < -0.3 is 10.1 Å². The molecule has 2 N–H and O–H groups in total. The van der Waals surface area contributed by atoms with Gasteiger partial charge in [-0.1, -0.05) is 6.07 Å². The van der Waals surface area contributed by atoms with E-state index >= 15 is 0 Å². The van der Waals surface area contributed by atoms with Crippen molar-refractivity contribution >= 4 is 0 Å². The quantitative estimate of drug-likeness (QED) is 0.828. The molecule has 0 saturated heterocycles. The van der Waals surface area contributed by atoms with Crippen molar-refractivity contribution in [2.75, 3.05) is 7.11 Å². The van der Waals surface area contributed by atoms with Crippen molar-refractivity contribution in [1.29, 1.82) is 0 Å². The summed E-state index contributed by atoms with van der Waals surface area (Å²) in [6, 6.07) is 6.20. The Morgan fingerprint density at radius 2 is 2.18 bits per heavy atom. The molecule has 0 atom stereocenters. The van der Waals surface area contributed by atoms with E-state index in [0.29, 0.717) is 0 Å². The van der Waals surface area contributed by atoms with Gasteiger partial charge in [0.05, 0.1) is 12.8 Å². The fourth-order valence-electron chi connectivity index (χ4n) is 2.27. The molecule has 4 nitrogen and oxygen atoms in total. The average Bonchev–Trinajstić information content (AvgIpc) is 2.91. The molecular weight excluding hydrogens is 214 g/mol. The Morgan fingerprint density at radius 1 is 1.29 bits per heavy atom. The zero-order valence-electron chi connectivity index (χ0n) is 10.0. The van der Waals surface area contributed by atoms with Crippen molar-refractivity contribution in [2.45, 2.75) is 20.0 Å². The highest BCUT2D eigenvalue weighted by Crippen LogP contribution is 2.33. The number of hydrogen-bond donors (Lipinski definition) is 2. The molecule has 0 saturated carbocycles. The molecule has 1 aromatic carbocycles. The zero-order chi connectivity index (χ0) is 11.8. The van der Waals surface area contributed by atoms with Crippen LogP contribution in [0.25, 0.3) is 11.3 Å². The lowest BCUT2D eigenvalue weighted by Gasteiger charge is -2.08. The molecule has 0 radical (unpaired) electrons. The number of nitrogens with zero attached hydrogens (tertiary/aromatic N) is 1. The lowest BCUT2D eigenvalue weighted by atomic mass is 10.0. The minimum atomic E-state index is 0.872. The highest BCUT2D eigenvalue weighted by atomic mass is 16.5. The third kappa shape index (κ3) is 1.61. The minimum absolute atomic E-state index is 0.872. The van der Waals surface area contributed by atoms with Crippen LogP contribution in [-0.4, -0.2) is 17.3 Å². The van der Waals surface area contributed by atoms with E-state index in [-0.39, 0.29) is 0 Å². The molecule has 0 aliphatic carbocycles. The predicted octanol–water partition coefficient (Wildman–Crippen LogP) is 2.00. The molecule has 2 heterocycles. The van der Waals surface area contributed by atoms with Crippen LogP contribution in [-0.2, 0) is 13.1 Å². The van der Waals surface area contributed by atoms with Gasteiger partial charge in [0.25, 0.3) is 0 Å². The number of aromatic amines is 1. The second-order valence-electron chi connectivity index (χ2n) is 4.34. The molecule has 0 amide bonds. The van der Waals surface area contributed by atoms with E-state index in [1.54, 1.807) is 7.11 Å². The summed E-state index contributed by atoms with van der Waals surface area (Å²) < 4.78 is 5.44. The first-order valence-electron chi connectivity index (χ1n) is 5.71. The van der Waals surface area contributed by atoms with E-state index in [1.807, 2.05) is 6.07 Å². The van der Waals surface area contributed by atoms with Gasteiger partial charge in [0.15, 0.2) is 0 Å². The second-order valence-corrected chi connectivity index (χ2v) is 4.34. The molecule has 0 unspecified atom stereocenters. The van der Waals surface area contributed by atoms with Gasteiger partial charge in [-0.05, 0) is 24.6 Å². The number of fused-ring (bicyclic) bond motifs is 1. The smallest absolute Gasteiger partial charge is 0.128 e. The van der Waals surface area contributed by atoms with E-state index < -0.39 is 0 Å². The lowest BCUT2D eigenvalue weighted by molar-refractivity contribution is 0.416. The van der Waals surface area contributed by atoms with E-state index in [9.17, 15) is 0 Å². The van der Waals surface area contributed by atoms with Crippen LogP contribution in [0.2, 0.25) is 0 Å². The largest absolute Gasteiger partial charge is 0.496 e. The number of hydrogen-bond acceptors (Lipinski definition) is 3. The summed E-state index contributed by atoms with van der Waals surface area (Å²) in [4.78, 5) is 0. The monoisotopic (exact) mass is 229 g/mol. The van der Waals surface area contributed by atoms with Gasteiger partial charge in [0.2, 0.25) is 0 Å². The molecule has 2 aromatic rings. The Hall–Kier alpha value is -1.81. The highest BCUT2D eigenvalue weighted by Gasteiger charge is 2.21. The van der Waals surface area contributed by atoms with Crippen LogP contribution in [0.4, 0.5) is 0 Å². The van der Waals surface area contributed by atoms with Gasteiger partial charge in [-0.15, -0.1) is 0 Å². The fourth-order valence-corrected chi connectivity index (χ4v) is 2.27. The Labute approximate surface area is 100 Å². The van der Waals surface area contributed by atoms with Gasteiger partial charge in [0.1, 0.15) is 11.4 Å². The standard InChI is InChI=1S/C13H15N3O/c1-8-3-4-9(12(5-8)17-2)13-10-6-14-7-11(10)15-16-13/h3-5,14H,6-7H2,1-2H3,(H,15,16). The van der Waals surface area contributed by atoms with Crippen molar-refractivity contribution < 1.29 is 4.74 Å². The van der Waals surface area contributed by atoms with Gasteiger partial charge in [-0.2, -0.15) is 5.10 Å². The van der Waals surface area contributed by atoms with Crippen LogP contribution in [0.1, 0.15) is 16.8 Å². The van der Waals surface area contributed by atoms with Crippen LogP contribution in [0, 0.1) is 6.92 Å². The van der Waals surface area contributed by atoms with Crippen molar-refractivity contribution in [1.82, 2.24) is 15.5 Å². The number of aryl methyl sites for hydroxylation is 1. The van der Waals surface area contributed by atoms with Crippen LogP contribution >= 0.6 is 0 Å². The lowest BCUT2D eigenvalue weighted by Crippen LogP contribution is -2.03. The summed E-state index contributed by atoms with van der Waals surface area (Å²) in [6.07, 6.45) is 0. The van der Waals surface area contributed by atoms with E-state index in [2.05, 4.69) is 34.6 Å². The zero-order valence-corrected chi connectivity index (χ0v) is 10.0. The molecule has 0 spiro atoms. The molecule has 4 heteroatoms. The Balaban J connectivity index is 2.15. The first kappa shape index (κ1) is 10.4. The van der Waals surface area contributed by atoms with Crippen LogP contribution in [0.3, 0.4) is 0 Å². The third-order valence-electron chi connectivity index (χ3n) is 3.17. The number of nitrogens with one attached hydrogen (secondary N) is 2. The number of H-pyrrole nitrogens is 1. The third-order valence-corrected chi connectivity index (χ3v) is 3.17.